The molecule has 0 unspecified atom stereocenters. The van der Waals surface area contributed by atoms with Gasteiger partial charge in [-0.15, -0.1) is 11.3 Å². The summed E-state index contributed by atoms with van der Waals surface area (Å²) < 4.78 is 3.36. The maximum absolute atomic E-state index is 12.8. The van der Waals surface area contributed by atoms with Crippen LogP contribution >= 0.6 is 11.3 Å². The minimum Gasteiger partial charge on any atom is -0.342 e. The van der Waals surface area contributed by atoms with Gasteiger partial charge in [0.1, 0.15) is 5.69 Å². The summed E-state index contributed by atoms with van der Waals surface area (Å²) in [6.45, 7) is 1.74. The quantitative estimate of drug-likeness (QED) is 0.907. The third-order valence-electron chi connectivity index (χ3n) is 5.49. The molecule has 0 aromatic carbocycles. The minimum atomic E-state index is -0.124. The molecule has 25 heavy (non-hydrogen) atoms. The Bertz CT molecular complexity index is 767. The first-order valence-corrected chi connectivity index (χ1v) is 10.3. The molecule has 134 valence electrons. The molecular weight excluding hydrogens is 334 g/mol. The number of nitrogens with zero attached hydrogens (tertiary/aromatic N) is 2. The number of nitrogens with one attached hydrogen (secondary N) is 1. The summed E-state index contributed by atoms with van der Waals surface area (Å²) in [5, 5.41) is 4.95. The summed E-state index contributed by atoms with van der Waals surface area (Å²) in [5.74, 6) is -0.0884. The maximum atomic E-state index is 12.8. The number of amides is 2. The largest absolute Gasteiger partial charge is 0.342 e. The standard InChI is InChI=1S/C19H25N3O2S/c23-18(21-9-4-1-5-10-21)13-20-19(24)16-12-17-15(8-11-25-17)22(16)14-6-2-3-7-14/h8,11-12,14H,1-7,9-10,13H2,(H,20,24). The molecule has 0 atom stereocenters. The van der Waals surface area contributed by atoms with Crippen LogP contribution in [0.15, 0.2) is 17.5 Å². The maximum Gasteiger partial charge on any atom is 0.268 e. The second kappa shape index (κ2) is 7.20. The van der Waals surface area contributed by atoms with Gasteiger partial charge >= 0.3 is 0 Å². The zero-order chi connectivity index (χ0) is 17.2. The van der Waals surface area contributed by atoms with E-state index in [4.69, 9.17) is 0 Å². The molecule has 4 rings (SSSR count). The van der Waals surface area contributed by atoms with Crippen LogP contribution in [-0.4, -0.2) is 40.9 Å². The molecular formula is C19H25N3O2S. The molecule has 2 aromatic heterocycles. The number of hydrogen-bond donors (Lipinski definition) is 1. The second-order valence-corrected chi connectivity index (χ2v) is 8.08. The number of fused-ring (bicyclic) bond motifs is 1. The number of aromatic nitrogens is 1. The Labute approximate surface area is 152 Å². The highest BCUT2D eigenvalue weighted by molar-refractivity contribution is 7.17. The van der Waals surface area contributed by atoms with E-state index in [2.05, 4.69) is 21.3 Å². The summed E-state index contributed by atoms with van der Waals surface area (Å²) in [7, 11) is 0. The van der Waals surface area contributed by atoms with Gasteiger partial charge in [-0.3, -0.25) is 9.59 Å². The number of thiophene rings is 1. The summed E-state index contributed by atoms with van der Waals surface area (Å²) >= 11 is 1.67. The van der Waals surface area contributed by atoms with Crippen LogP contribution in [0.3, 0.4) is 0 Å². The van der Waals surface area contributed by atoms with Gasteiger partial charge in [-0.25, -0.2) is 0 Å². The molecule has 5 nitrogen and oxygen atoms in total. The van der Waals surface area contributed by atoms with Crippen LogP contribution in [0.4, 0.5) is 0 Å². The van der Waals surface area contributed by atoms with Crippen molar-refractivity contribution < 1.29 is 9.59 Å². The van der Waals surface area contributed by atoms with E-state index < -0.39 is 0 Å². The minimum absolute atomic E-state index is 0.0360. The number of piperidine rings is 1. The summed E-state index contributed by atoms with van der Waals surface area (Å²) in [6.07, 6.45) is 8.05. The SMILES string of the molecule is O=C(NCC(=O)N1CCCCC1)c1cc2sccc2n1C1CCCC1. The molecule has 2 aromatic rings. The van der Waals surface area contributed by atoms with Crippen LogP contribution in [0, 0.1) is 0 Å². The van der Waals surface area contributed by atoms with Crippen LogP contribution in [-0.2, 0) is 4.79 Å². The van der Waals surface area contributed by atoms with Crippen molar-refractivity contribution in [2.75, 3.05) is 19.6 Å². The number of hydrogen-bond acceptors (Lipinski definition) is 3. The number of carbonyl (C=O) groups excluding carboxylic acids is 2. The fraction of sp³-hybridized carbons (Fsp3) is 0.579. The van der Waals surface area contributed by atoms with Crippen molar-refractivity contribution in [1.29, 1.82) is 0 Å². The fourth-order valence-electron chi connectivity index (χ4n) is 4.18. The lowest BCUT2D eigenvalue weighted by atomic mass is 10.1. The van der Waals surface area contributed by atoms with Crippen LogP contribution in [0.5, 0.6) is 0 Å². The lowest BCUT2D eigenvalue weighted by molar-refractivity contribution is -0.130. The topological polar surface area (TPSA) is 54.3 Å². The number of likely N-dealkylation sites (tertiary alicyclic amines) is 1. The van der Waals surface area contributed by atoms with E-state index in [0.29, 0.717) is 11.7 Å². The van der Waals surface area contributed by atoms with Crippen LogP contribution in [0.1, 0.15) is 61.5 Å². The molecule has 1 aliphatic heterocycles. The fourth-order valence-corrected chi connectivity index (χ4v) is 4.99. The van der Waals surface area contributed by atoms with Crippen molar-refractivity contribution in [2.45, 2.75) is 51.0 Å². The highest BCUT2D eigenvalue weighted by atomic mass is 32.1. The molecule has 1 saturated heterocycles. The molecule has 2 fully saturated rings. The van der Waals surface area contributed by atoms with Crippen molar-refractivity contribution in [2.24, 2.45) is 0 Å². The Morgan fingerprint density at radius 3 is 2.64 bits per heavy atom. The van der Waals surface area contributed by atoms with E-state index >= 15 is 0 Å². The average molecular weight is 359 g/mol. The normalized spacial score (nSPS) is 18.8. The van der Waals surface area contributed by atoms with Gasteiger partial charge < -0.3 is 14.8 Å². The zero-order valence-electron chi connectivity index (χ0n) is 14.5. The van der Waals surface area contributed by atoms with Gasteiger partial charge in [0.25, 0.3) is 5.91 Å². The molecule has 2 amide bonds. The summed E-state index contributed by atoms with van der Waals surface area (Å²) in [4.78, 5) is 27.0. The molecule has 0 spiro atoms. The lowest BCUT2D eigenvalue weighted by Gasteiger charge is -2.26. The van der Waals surface area contributed by atoms with Crippen molar-refractivity contribution in [3.05, 3.63) is 23.2 Å². The average Bonchev–Trinajstić information content (AvgIpc) is 3.36. The van der Waals surface area contributed by atoms with Gasteiger partial charge in [-0.2, -0.15) is 0 Å². The summed E-state index contributed by atoms with van der Waals surface area (Å²) in [5.41, 5.74) is 1.87. The first-order valence-electron chi connectivity index (χ1n) is 9.38. The van der Waals surface area contributed by atoms with Crippen molar-refractivity contribution in [3.8, 4) is 0 Å². The number of carbonyl (C=O) groups is 2. The third kappa shape index (κ3) is 3.32. The molecule has 1 N–H and O–H groups in total. The molecule has 0 radical (unpaired) electrons. The monoisotopic (exact) mass is 359 g/mol. The predicted octanol–water partition coefficient (Wildman–Crippen LogP) is 3.56. The Kier molecular flexibility index (Phi) is 4.79. The Morgan fingerprint density at radius 2 is 1.88 bits per heavy atom. The van der Waals surface area contributed by atoms with Gasteiger partial charge in [-0.05, 0) is 49.6 Å². The van der Waals surface area contributed by atoms with Gasteiger partial charge in [-0.1, -0.05) is 12.8 Å². The smallest absolute Gasteiger partial charge is 0.268 e. The van der Waals surface area contributed by atoms with E-state index in [0.717, 1.165) is 49.0 Å². The van der Waals surface area contributed by atoms with Crippen molar-refractivity contribution in [1.82, 2.24) is 14.8 Å². The lowest BCUT2D eigenvalue weighted by Crippen LogP contribution is -2.42. The first kappa shape index (κ1) is 16.6. The van der Waals surface area contributed by atoms with Crippen molar-refractivity contribution in [3.63, 3.8) is 0 Å². The summed E-state index contributed by atoms with van der Waals surface area (Å²) in [6, 6.07) is 4.50. The van der Waals surface area contributed by atoms with Gasteiger partial charge in [0.05, 0.1) is 16.8 Å². The first-order chi connectivity index (χ1) is 12.2. The van der Waals surface area contributed by atoms with E-state index in [1.165, 1.54) is 19.3 Å². The van der Waals surface area contributed by atoms with Gasteiger partial charge in [0, 0.05) is 19.1 Å². The van der Waals surface area contributed by atoms with Gasteiger partial charge in [0.2, 0.25) is 5.91 Å². The highest BCUT2D eigenvalue weighted by Gasteiger charge is 2.25. The molecule has 0 bridgehead atoms. The van der Waals surface area contributed by atoms with Crippen molar-refractivity contribution >= 4 is 33.4 Å². The molecule has 2 aliphatic rings. The molecule has 1 aliphatic carbocycles. The van der Waals surface area contributed by atoms with E-state index in [-0.39, 0.29) is 18.4 Å². The van der Waals surface area contributed by atoms with Crippen LogP contribution in [0.2, 0.25) is 0 Å². The highest BCUT2D eigenvalue weighted by Crippen LogP contribution is 2.36. The Morgan fingerprint density at radius 1 is 1.12 bits per heavy atom. The number of rotatable bonds is 4. The Hall–Kier alpha value is -1.82. The molecule has 6 heteroatoms. The van der Waals surface area contributed by atoms with Crippen LogP contribution < -0.4 is 5.32 Å². The Balaban J connectivity index is 1.48. The van der Waals surface area contributed by atoms with E-state index in [1.807, 2.05) is 11.0 Å². The van der Waals surface area contributed by atoms with Crippen LogP contribution in [0.25, 0.3) is 10.2 Å². The third-order valence-corrected chi connectivity index (χ3v) is 6.34. The molecule has 3 heterocycles. The second-order valence-electron chi connectivity index (χ2n) is 7.13. The van der Waals surface area contributed by atoms with E-state index in [1.54, 1.807) is 11.3 Å². The zero-order valence-corrected chi connectivity index (χ0v) is 15.3. The van der Waals surface area contributed by atoms with E-state index in [9.17, 15) is 9.59 Å². The van der Waals surface area contributed by atoms with Gasteiger partial charge in [0.15, 0.2) is 0 Å². The predicted molar refractivity (Wildman–Crippen MR) is 100 cm³/mol. The molecule has 1 saturated carbocycles.